The van der Waals surface area contributed by atoms with Gasteiger partial charge in [-0.15, -0.1) is 0 Å². The maximum atomic E-state index is 7.94. The second-order valence-corrected chi connectivity index (χ2v) is 4.21. The predicted molar refractivity (Wildman–Crippen MR) is 75.9 cm³/mol. The molecule has 0 amide bonds. The summed E-state index contributed by atoms with van der Waals surface area (Å²) in [5.41, 5.74) is 2.47. The molecule has 98 valence electrons. The number of hydrogen-bond acceptors (Lipinski definition) is 3. The van der Waals surface area contributed by atoms with Crippen molar-refractivity contribution in [2.24, 2.45) is 0 Å². The molecule has 2 aromatic rings. The number of ether oxygens (including phenoxy) is 2. The molecule has 0 aliphatic carbocycles. The van der Waals surface area contributed by atoms with E-state index in [1.807, 2.05) is 54.6 Å². The molecule has 19 heavy (non-hydrogen) atoms. The van der Waals surface area contributed by atoms with E-state index in [-0.39, 0.29) is 6.61 Å². The zero-order valence-electron chi connectivity index (χ0n) is 10.9. The van der Waals surface area contributed by atoms with Crippen LogP contribution in [0.15, 0.2) is 54.6 Å². The van der Waals surface area contributed by atoms with Gasteiger partial charge in [-0.2, -0.15) is 0 Å². The van der Waals surface area contributed by atoms with Crippen LogP contribution in [0.2, 0.25) is 0 Å². The SMILES string of the molecule is COCc1ccc(OCC(=N)c2ccccc2)cc1. The molecule has 0 aliphatic heterocycles. The average Bonchev–Trinajstić information content (AvgIpc) is 2.47. The lowest BCUT2D eigenvalue weighted by molar-refractivity contribution is 0.185. The number of benzene rings is 2. The second-order valence-electron chi connectivity index (χ2n) is 4.21. The zero-order valence-corrected chi connectivity index (χ0v) is 10.9. The molecule has 0 saturated carbocycles. The first kappa shape index (κ1) is 13.3. The molecule has 0 radical (unpaired) electrons. The molecule has 0 saturated heterocycles. The minimum absolute atomic E-state index is 0.271. The minimum atomic E-state index is 0.271. The highest BCUT2D eigenvalue weighted by Crippen LogP contribution is 2.13. The fourth-order valence-electron chi connectivity index (χ4n) is 1.73. The second kappa shape index (κ2) is 6.71. The lowest BCUT2D eigenvalue weighted by Crippen LogP contribution is -2.11. The molecule has 0 unspecified atom stereocenters. The van der Waals surface area contributed by atoms with Gasteiger partial charge in [-0.25, -0.2) is 0 Å². The number of rotatable bonds is 6. The highest BCUT2D eigenvalue weighted by atomic mass is 16.5. The van der Waals surface area contributed by atoms with Crippen LogP contribution in [0.3, 0.4) is 0 Å². The maximum absolute atomic E-state index is 7.94. The summed E-state index contributed by atoms with van der Waals surface area (Å²) < 4.78 is 10.6. The van der Waals surface area contributed by atoms with Crippen molar-refractivity contribution in [3.05, 3.63) is 65.7 Å². The van der Waals surface area contributed by atoms with Crippen LogP contribution in [0, 0.1) is 5.41 Å². The molecule has 1 N–H and O–H groups in total. The molecule has 3 nitrogen and oxygen atoms in total. The fraction of sp³-hybridized carbons (Fsp3) is 0.188. The minimum Gasteiger partial charge on any atom is -0.487 e. The van der Waals surface area contributed by atoms with Crippen molar-refractivity contribution in [2.45, 2.75) is 6.61 Å². The molecule has 0 aliphatic rings. The van der Waals surface area contributed by atoms with Crippen molar-refractivity contribution < 1.29 is 9.47 Å². The van der Waals surface area contributed by atoms with E-state index < -0.39 is 0 Å². The van der Waals surface area contributed by atoms with Gasteiger partial charge >= 0.3 is 0 Å². The van der Waals surface area contributed by atoms with Gasteiger partial charge < -0.3 is 14.9 Å². The third-order valence-corrected chi connectivity index (χ3v) is 2.74. The van der Waals surface area contributed by atoms with Crippen LogP contribution in [0.5, 0.6) is 5.75 Å². The van der Waals surface area contributed by atoms with Crippen molar-refractivity contribution in [3.8, 4) is 5.75 Å². The van der Waals surface area contributed by atoms with Crippen molar-refractivity contribution in [1.82, 2.24) is 0 Å². The fourth-order valence-corrected chi connectivity index (χ4v) is 1.73. The van der Waals surface area contributed by atoms with Gasteiger partial charge in [0.15, 0.2) is 0 Å². The van der Waals surface area contributed by atoms with Gasteiger partial charge in [0.2, 0.25) is 0 Å². The molecule has 2 aromatic carbocycles. The molecule has 0 aromatic heterocycles. The summed E-state index contributed by atoms with van der Waals surface area (Å²) in [5, 5.41) is 7.94. The van der Waals surface area contributed by atoms with E-state index in [4.69, 9.17) is 14.9 Å². The Morgan fingerprint density at radius 2 is 1.68 bits per heavy atom. The van der Waals surface area contributed by atoms with Crippen LogP contribution in [0.25, 0.3) is 0 Å². The van der Waals surface area contributed by atoms with E-state index in [0.717, 1.165) is 16.9 Å². The standard InChI is InChI=1S/C16H17NO2/c1-18-11-13-7-9-15(10-8-13)19-12-16(17)14-5-3-2-4-6-14/h2-10,17H,11-12H2,1H3. The largest absolute Gasteiger partial charge is 0.487 e. The summed E-state index contributed by atoms with van der Waals surface area (Å²) in [6.45, 7) is 0.869. The Kier molecular flexibility index (Phi) is 4.70. The average molecular weight is 255 g/mol. The highest BCUT2D eigenvalue weighted by molar-refractivity contribution is 5.99. The first-order valence-corrected chi connectivity index (χ1v) is 6.13. The summed E-state index contributed by atoms with van der Waals surface area (Å²) in [6.07, 6.45) is 0. The molecule has 0 bridgehead atoms. The predicted octanol–water partition coefficient (Wildman–Crippen LogP) is 3.28. The van der Waals surface area contributed by atoms with Crippen molar-refractivity contribution in [2.75, 3.05) is 13.7 Å². The van der Waals surface area contributed by atoms with Crippen molar-refractivity contribution >= 4 is 5.71 Å². The molecule has 0 atom stereocenters. The monoisotopic (exact) mass is 255 g/mol. The van der Waals surface area contributed by atoms with Gasteiger partial charge in [-0.05, 0) is 23.3 Å². The van der Waals surface area contributed by atoms with Crippen LogP contribution < -0.4 is 4.74 Å². The lowest BCUT2D eigenvalue weighted by atomic mass is 10.1. The quantitative estimate of drug-likeness (QED) is 0.805. The van der Waals surface area contributed by atoms with Crippen LogP contribution in [0.4, 0.5) is 0 Å². The maximum Gasteiger partial charge on any atom is 0.130 e. The van der Waals surface area contributed by atoms with E-state index in [1.165, 1.54) is 0 Å². The normalized spacial score (nSPS) is 10.2. The summed E-state index contributed by atoms with van der Waals surface area (Å²) in [7, 11) is 1.67. The summed E-state index contributed by atoms with van der Waals surface area (Å²) in [4.78, 5) is 0. The zero-order chi connectivity index (χ0) is 13.5. The van der Waals surface area contributed by atoms with Gasteiger partial charge in [0.1, 0.15) is 12.4 Å². The molecule has 0 spiro atoms. The Hall–Kier alpha value is -2.13. The van der Waals surface area contributed by atoms with Gasteiger partial charge in [0.25, 0.3) is 0 Å². The van der Waals surface area contributed by atoms with E-state index in [9.17, 15) is 0 Å². The summed E-state index contributed by atoms with van der Waals surface area (Å²) in [5.74, 6) is 0.764. The van der Waals surface area contributed by atoms with Crippen LogP contribution in [-0.2, 0) is 11.3 Å². The van der Waals surface area contributed by atoms with Gasteiger partial charge in [0.05, 0.1) is 12.3 Å². The Balaban J connectivity index is 1.90. The first-order valence-electron chi connectivity index (χ1n) is 6.13. The Morgan fingerprint density at radius 3 is 2.32 bits per heavy atom. The third-order valence-electron chi connectivity index (χ3n) is 2.74. The van der Waals surface area contributed by atoms with Crippen molar-refractivity contribution in [3.63, 3.8) is 0 Å². The molecular weight excluding hydrogens is 238 g/mol. The Bertz CT molecular complexity index is 520. The van der Waals surface area contributed by atoms with Gasteiger partial charge in [-0.3, -0.25) is 0 Å². The van der Waals surface area contributed by atoms with Crippen LogP contribution in [0.1, 0.15) is 11.1 Å². The Morgan fingerprint density at radius 1 is 1.00 bits per heavy atom. The topological polar surface area (TPSA) is 42.3 Å². The van der Waals surface area contributed by atoms with Crippen LogP contribution >= 0.6 is 0 Å². The van der Waals surface area contributed by atoms with E-state index in [2.05, 4.69) is 0 Å². The van der Waals surface area contributed by atoms with E-state index in [1.54, 1.807) is 7.11 Å². The van der Waals surface area contributed by atoms with Crippen LogP contribution in [-0.4, -0.2) is 19.4 Å². The smallest absolute Gasteiger partial charge is 0.130 e. The van der Waals surface area contributed by atoms with E-state index in [0.29, 0.717) is 12.3 Å². The summed E-state index contributed by atoms with van der Waals surface area (Å²) >= 11 is 0. The number of hydrogen-bond donors (Lipinski definition) is 1. The molecule has 0 heterocycles. The molecule has 3 heteroatoms. The third kappa shape index (κ3) is 3.93. The van der Waals surface area contributed by atoms with Gasteiger partial charge in [0, 0.05) is 7.11 Å². The van der Waals surface area contributed by atoms with E-state index >= 15 is 0 Å². The summed E-state index contributed by atoms with van der Waals surface area (Å²) in [6, 6.07) is 17.3. The van der Waals surface area contributed by atoms with Crippen molar-refractivity contribution in [1.29, 1.82) is 5.41 Å². The molecular formula is C16H17NO2. The number of methoxy groups -OCH3 is 1. The first-order chi connectivity index (χ1) is 9.29. The Labute approximate surface area is 113 Å². The lowest BCUT2D eigenvalue weighted by Gasteiger charge is -2.08. The molecule has 0 fully saturated rings. The van der Waals surface area contributed by atoms with Gasteiger partial charge in [-0.1, -0.05) is 42.5 Å². The molecule has 2 rings (SSSR count). The number of nitrogens with one attached hydrogen (secondary N) is 1. The highest BCUT2D eigenvalue weighted by Gasteiger charge is 2.02.